The van der Waals surface area contributed by atoms with Gasteiger partial charge in [-0.05, 0) is 17.0 Å². The zero-order chi connectivity index (χ0) is 21.2. The Morgan fingerprint density at radius 2 is 1.30 bits per heavy atom. The molecule has 0 aromatic heterocycles. The summed E-state index contributed by atoms with van der Waals surface area (Å²) in [6, 6.07) is 25.1. The van der Waals surface area contributed by atoms with E-state index in [1.807, 2.05) is 80.6 Å². The number of carbonyl (C=O) groups excluding carboxylic acids is 1. The molecule has 3 rings (SSSR count). The molecule has 0 fully saturated rings. The first-order valence-electron chi connectivity index (χ1n) is 10.0. The molecule has 3 aromatic carbocycles. The predicted molar refractivity (Wildman–Crippen MR) is 118 cm³/mol. The van der Waals surface area contributed by atoms with Crippen LogP contribution in [0.1, 0.15) is 25.0 Å². The summed E-state index contributed by atoms with van der Waals surface area (Å²) in [7, 11) is 0. The molecule has 0 radical (unpaired) electrons. The van der Waals surface area contributed by atoms with E-state index in [4.69, 9.17) is 14.2 Å². The van der Waals surface area contributed by atoms with E-state index in [2.05, 4.69) is 5.32 Å². The highest BCUT2D eigenvalue weighted by atomic mass is 16.5. The van der Waals surface area contributed by atoms with E-state index < -0.39 is 6.09 Å². The Kier molecular flexibility index (Phi) is 7.72. The van der Waals surface area contributed by atoms with Crippen LogP contribution in [0.25, 0.3) is 0 Å². The highest BCUT2D eigenvalue weighted by molar-refractivity contribution is 5.85. The first-order valence-corrected chi connectivity index (χ1v) is 10.0. The maximum Gasteiger partial charge on any atom is 0.411 e. The molecule has 1 N–H and O–H groups in total. The Morgan fingerprint density at radius 3 is 1.77 bits per heavy atom. The van der Waals surface area contributed by atoms with E-state index in [-0.39, 0.29) is 5.92 Å². The van der Waals surface area contributed by atoms with Crippen LogP contribution in [0.15, 0.2) is 78.9 Å². The van der Waals surface area contributed by atoms with E-state index in [0.29, 0.717) is 37.0 Å². The molecule has 3 aromatic rings. The molecular weight excluding hydrogens is 378 g/mol. The van der Waals surface area contributed by atoms with Crippen molar-refractivity contribution in [3.05, 3.63) is 90.0 Å². The normalized spacial score (nSPS) is 10.5. The standard InChI is InChI=1S/C25H27NO4/c1-19(2)16-30-25(27)26-22-13-23(28-17-20-9-5-3-6-10-20)15-24(14-22)29-18-21-11-7-4-8-12-21/h3-15,19H,16-18H2,1-2H3,(H,26,27). The molecule has 0 heterocycles. The van der Waals surface area contributed by atoms with Crippen molar-refractivity contribution in [1.82, 2.24) is 0 Å². The minimum absolute atomic E-state index is 0.265. The Hall–Kier alpha value is -3.47. The molecule has 0 atom stereocenters. The van der Waals surface area contributed by atoms with Gasteiger partial charge in [0.2, 0.25) is 0 Å². The third kappa shape index (κ3) is 7.17. The molecule has 0 unspecified atom stereocenters. The summed E-state index contributed by atoms with van der Waals surface area (Å²) < 4.78 is 17.1. The van der Waals surface area contributed by atoms with E-state index in [1.54, 1.807) is 12.1 Å². The predicted octanol–water partition coefficient (Wildman–Crippen LogP) is 6.05. The highest BCUT2D eigenvalue weighted by Gasteiger charge is 2.09. The lowest BCUT2D eigenvalue weighted by atomic mass is 10.2. The average Bonchev–Trinajstić information content (AvgIpc) is 2.76. The molecule has 0 aliphatic carbocycles. The summed E-state index contributed by atoms with van der Waals surface area (Å²) in [6.07, 6.45) is -0.502. The number of ether oxygens (including phenoxy) is 3. The van der Waals surface area contributed by atoms with Crippen molar-refractivity contribution in [2.24, 2.45) is 5.92 Å². The van der Waals surface area contributed by atoms with Crippen LogP contribution in [0.4, 0.5) is 10.5 Å². The van der Waals surface area contributed by atoms with Crippen LogP contribution in [-0.2, 0) is 18.0 Å². The second kappa shape index (κ2) is 10.9. The number of carbonyl (C=O) groups is 1. The second-order valence-electron chi connectivity index (χ2n) is 7.36. The number of benzene rings is 3. The van der Waals surface area contributed by atoms with E-state index in [9.17, 15) is 4.79 Å². The number of amides is 1. The lowest BCUT2D eigenvalue weighted by Crippen LogP contribution is -2.16. The largest absolute Gasteiger partial charge is 0.489 e. The van der Waals surface area contributed by atoms with Gasteiger partial charge < -0.3 is 14.2 Å². The SMILES string of the molecule is CC(C)COC(=O)Nc1cc(OCc2ccccc2)cc(OCc2ccccc2)c1. The van der Waals surface area contributed by atoms with Crippen LogP contribution in [-0.4, -0.2) is 12.7 Å². The van der Waals surface area contributed by atoms with Gasteiger partial charge in [-0.3, -0.25) is 5.32 Å². The minimum atomic E-state index is -0.502. The first kappa shape index (κ1) is 21.2. The fourth-order valence-corrected chi connectivity index (χ4v) is 2.69. The van der Waals surface area contributed by atoms with Crippen LogP contribution in [0.2, 0.25) is 0 Å². The third-order valence-electron chi connectivity index (χ3n) is 4.17. The Morgan fingerprint density at radius 1 is 0.800 bits per heavy atom. The minimum Gasteiger partial charge on any atom is -0.489 e. The lowest BCUT2D eigenvalue weighted by molar-refractivity contribution is 0.147. The summed E-state index contributed by atoms with van der Waals surface area (Å²) in [5, 5.41) is 2.75. The van der Waals surface area contributed by atoms with Crippen molar-refractivity contribution < 1.29 is 19.0 Å². The molecule has 0 aliphatic heterocycles. The molecule has 5 heteroatoms. The number of anilines is 1. The van der Waals surface area contributed by atoms with Crippen LogP contribution in [0, 0.1) is 5.92 Å². The van der Waals surface area contributed by atoms with Crippen molar-refractivity contribution in [3.63, 3.8) is 0 Å². The maximum absolute atomic E-state index is 12.1. The molecular formula is C25H27NO4. The molecule has 0 saturated heterocycles. The van der Waals surface area contributed by atoms with E-state index in [0.717, 1.165) is 11.1 Å². The summed E-state index contributed by atoms with van der Waals surface area (Å²) in [4.78, 5) is 12.1. The van der Waals surface area contributed by atoms with Gasteiger partial charge in [-0.2, -0.15) is 0 Å². The second-order valence-corrected chi connectivity index (χ2v) is 7.36. The van der Waals surface area contributed by atoms with Crippen LogP contribution in [0.3, 0.4) is 0 Å². The van der Waals surface area contributed by atoms with Crippen molar-refractivity contribution >= 4 is 11.8 Å². The molecule has 30 heavy (non-hydrogen) atoms. The topological polar surface area (TPSA) is 56.8 Å². The maximum atomic E-state index is 12.1. The molecule has 5 nitrogen and oxygen atoms in total. The van der Waals surface area contributed by atoms with Crippen molar-refractivity contribution in [1.29, 1.82) is 0 Å². The molecule has 0 spiro atoms. The lowest BCUT2D eigenvalue weighted by Gasteiger charge is -2.14. The van der Waals surface area contributed by atoms with Gasteiger partial charge in [0.1, 0.15) is 24.7 Å². The highest BCUT2D eigenvalue weighted by Crippen LogP contribution is 2.28. The Bertz CT molecular complexity index is 865. The fourth-order valence-electron chi connectivity index (χ4n) is 2.69. The Balaban J connectivity index is 1.71. The molecule has 1 amide bonds. The molecule has 0 bridgehead atoms. The van der Waals surface area contributed by atoms with Gasteiger partial charge in [-0.15, -0.1) is 0 Å². The number of hydrogen-bond acceptors (Lipinski definition) is 4. The summed E-state index contributed by atoms with van der Waals surface area (Å²) >= 11 is 0. The van der Waals surface area contributed by atoms with Gasteiger partial charge in [0.25, 0.3) is 0 Å². The zero-order valence-corrected chi connectivity index (χ0v) is 17.3. The van der Waals surface area contributed by atoms with Crippen LogP contribution >= 0.6 is 0 Å². The number of rotatable bonds is 9. The van der Waals surface area contributed by atoms with Gasteiger partial charge in [0.05, 0.1) is 12.3 Å². The molecule has 0 aliphatic rings. The number of nitrogens with one attached hydrogen (secondary N) is 1. The molecule has 156 valence electrons. The first-order chi connectivity index (χ1) is 14.6. The van der Waals surface area contributed by atoms with Crippen molar-refractivity contribution in [3.8, 4) is 11.5 Å². The van der Waals surface area contributed by atoms with E-state index >= 15 is 0 Å². The smallest absolute Gasteiger partial charge is 0.411 e. The van der Waals surface area contributed by atoms with Gasteiger partial charge in [-0.25, -0.2) is 4.79 Å². The fraction of sp³-hybridized carbons (Fsp3) is 0.240. The number of hydrogen-bond donors (Lipinski definition) is 1. The summed E-state index contributed by atoms with van der Waals surface area (Å²) in [5.74, 6) is 1.47. The van der Waals surface area contributed by atoms with Gasteiger partial charge in [-0.1, -0.05) is 74.5 Å². The zero-order valence-electron chi connectivity index (χ0n) is 17.3. The quantitative estimate of drug-likeness (QED) is 0.471. The third-order valence-corrected chi connectivity index (χ3v) is 4.17. The average molecular weight is 405 g/mol. The van der Waals surface area contributed by atoms with Gasteiger partial charge in [0.15, 0.2) is 0 Å². The van der Waals surface area contributed by atoms with E-state index in [1.165, 1.54) is 0 Å². The monoisotopic (exact) mass is 405 g/mol. The Labute approximate surface area is 177 Å². The molecule has 0 saturated carbocycles. The van der Waals surface area contributed by atoms with Crippen LogP contribution < -0.4 is 14.8 Å². The van der Waals surface area contributed by atoms with Gasteiger partial charge in [0, 0.05) is 18.2 Å². The van der Waals surface area contributed by atoms with Crippen LogP contribution in [0.5, 0.6) is 11.5 Å². The van der Waals surface area contributed by atoms with Gasteiger partial charge >= 0.3 is 6.09 Å². The van der Waals surface area contributed by atoms with Crippen molar-refractivity contribution in [2.45, 2.75) is 27.1 Å². The van der Waals surface area contributed by atoms with Crippen molar-refractivity contribution in [2.75, 3.05) is 11.9 Å². The summed E-state index contributed by atoms with van der Waals surface area (Å²) in [6.45, 7) is 5.16. The summed E-state index contributed by atoms with van der Waals surface area (Å²) in [5.41, 5.74) is 2.66.